The molecule has 4 heterocycles. The first kappa shape index (κ1) is 20.6. The van der Waals surface area contributed by atoms with Gasteiger partial charge in [0.05, 0.1) is 29.9 Å². The number of nitrogens with zero attached hydrogens (tertiary/aromatic N) is 1. The van der Waals surface area contributed by atoms with Gasteiger partial charge in [0.2, 0.25) is 5.78 Å². The minimum Gasteiger partial charge on any atom is -1.00 e. The van der Waals surface area contributed by atoms with E-state index in [9.17, 15) is 9.59 Å². The van der Waals surface area contributed by atoms with Gasteiger partial charge in [0.15, 0.2) is 5.12 Å². The van der Waals surface area contributed by atoms with E-state index in [4.69, 9.17) is 0 Å². The molecule has 2 bridgehead atoms. The zero-order valence-electron chi connectivity index (χ0n) is 15.2. The fraction of sp³-hybridized carbons (Fsp3) is 0.429. The number of thiophene rings is 1. The maximum absolute atomic E-state index is 13.0. The first-order valence-corrected chi connectivity index (χ1v) is 11.1. The molecule has 1 aromatic carbocycles. The van der Waals surface area contributed by atoms with Crippen molar-refractivity contribution in [1.29, 1.82) is 0 Å². The summed E-state index contributed by atoms with van der Waals surface area (Å²) >= 11 is 3.02. The molecule has 3 fully saturated rings. The Hall–Kier alpha value is -1.14. The molecule has 0 amide bonds. The highest BCUT2D eigenvalue weighted by Gasteiger charge is 2.53. The minimum atomic E-state index is -0.147. The lowest BCUT2D eigenvalue weighted by Crippen LogP contribution is -3.00. The van der Waals surface area contributed by atoms with Crippen LogP contribution in [0.3, 0.4) is 0 Å². The lowest BCUT2D eigenvalue weighted by molar-refractivity contribution is -0.936. The number of hydrogen-bond acceptors (Lipinski definition) is 4. The van der Waals surface area contributed by atoms with E-state index in [0.717, 1.165) is 54.0 Å². The number of quaternary nitrogens is 1. The van der Waals surface area contributed by atoms with Crippen LogP contribution in [0, 0.1) is 5.41 Å². The molecule has 1 aromatic heterocycles. The van der Waals surface area contributed by atoms with Crippen molar-refractivity contribution in [3.05, 3.63) is 58.3 Å². The van der Waals surface area contributed by atoms with Crippen molar-refractivity contribution in [2.45, 2.75) is 25.0 Å². The molecular weight excluding hydrogens is 398 g/mol. The molecule has 3 aliphatic rings. The Morgan fingerprint density at radius 2 is 1.67 bits per heavy atom. The van der Waals surface area contributed by atoms with Gasteiger partial charge in [-0.05, 0) is 17.0 Å². The maximum atomic E-state index is 13.0. The van der Waals surface area contributed by atoms with Gasteiger partial charge in [-0.15, -0.1) is 11.3 Å². The van der Waals surface area contributed by atoms with Crippen LogP contribution in [0.2, 0.25) is 0 Å². The number of benzene rings is 1. The van der Waals surface area contributed by atoms with Crippen LogP contribution in [-0.4, -0.2) is 41.6 Å². The molecule has 2 aromatic rings. The first-order valence-electron chi connectivity index (χ1n) is 9.24. The molecule has 3 nitrogen and oxygen atoms in total. The van der Waals surface area contributed by atoms with Crippen LogP contribution >= 0.6 is 23.1 Å². The number of thioether (sulfide) groups is 1. The third kappa shape index (κ3) is 4.32. The average Bonchev–Trinajstić information content (AvgIpc) is 3.23. The standard InChI is InChI=1S/C21H24NO2S2.ClH/c23-18(19-7-4-14-25-19)15-22-11-8-21(9-12-22,10-13-22)20(24)26-16-17-5-2-1-3-6-17;/h1-7,14H,8-13,15-16H2;1H/q+1;/p-1. The van der Waals surface area contributed by atoms with Crippen LogP contribution < -0.4 is 12.4 Å². The molecule has 0 radical (unpaired) electrons. The van der Waals surface area contributed by atoms with Crippen molar-refractivity contribution < 1.29 is 26.5 Å². The molecular formula is C21H24ClNO2S2. The number of rotatable bonds is 6. The summed E-state index contributed by atoms with van der Waals surface area (Å²) in [7, 11) is 0. The van der Waals surface area contributed by atoms with Gasteiger partial charge in [-0.25, -0.2) is 0 Å². The second-order valence-corrected chi connectivity index (χ2v) is 9.56. The molecule has 0 unspecified atom stereocenters. The summed E-state index contributed by atoms with van der Waals surface area (Å²) in [6, 6.07) is 14.1. The van der Waals surface area contributed by atoms with Gasteiger partial charge < -0.3 is 16.9 Å². The molecule has 6 heteroatoms. The molecule has 3 aliphatic heterocycles. The maximum Gasteiger partial charge on any atom is 0.226 e. The van der Waals surface area contributed by atoms with E-state index in [2.05, 4.69) is 12.1 Å². The summed E-state index contributed by atoms with van der Waals surface area (Å²) in [5, 5.41) is 2.33. The summed E-state index contributed by atoms with van der Waals surface area (Å²) in [5.41, 5.74) is 1.06. The molecule has 27 heavy (non-hydrogen) atoms. The van der Waals surface area contributed by atoms with Crippen molar-refractivity contribution in [3.8, 4) is 0 Å². The number of carbonyl (C=O) groups is 2. The molecule has 0 aliphatic carbocycles. The Morgan fingerprint density at radius 3 is 2.26 bits per heavy atom. The molecule has 0 saturated carbocycles. The van der Waals surface area contributed by atoms with Crippen LogP contribution in [0.15, 0.2) is 47.8 Å². The Kier molecular flexibility index (Phi) is 6.46. The number of ketones is 1. The normalized spacial score (nSPS) is 26.4. The summed E-state index contributed by atoms with van der Waals surface area (Å²) in [5.74, 6) is 1.03. The summed E-state index contributed by atoms with van der Waals surface area (Å²) in [4.78, 5) is 26.4. The number of carbonyl (C=O) groups excluding carboxylic acids is 2. The van der Waals surface area contributed by atoms with Crippen LogP contribution in [0.1, 0.15) is 34.5 Å². The van der Waals surface area contributed by atoms with E-state index in [0.29, 0.717) is 11.7 Å². The van der Waals surface area contributed by atoms with Crippen molar-refractivity contribution >= 4 is 34.0 Å². The van der Waals surface area contributed by atoms with Crippen LogP contribution in [0.4, 0.5) is 0 Å². The average molecular weight is 422 g/mol. The van der Waals surface area contributed by atoms with Crippen LogP contribution in [0.5, 0.6) is 0 Å². The van der Waals surface area contributed by atoms with E-state index in [1.165, 1.54) is 28.7 Å². The Labute approximate surface area is 175 Å². The number of hydrogen-bond donors (Lipinski definition) is 0. The van der Waals surface area contributed by atoms with Crippen molar-refractivity contribution in [2.75, 3.05) is 26.2 Å². The zero-order valence-corrected chi connectivity index (χ0v) is 17.6. The first-order chi connectivity index (χ1) is 12.6. The Balaban J connectivity index is 0.00000210. The minimum absolute atomic E-state index is 0. The fourth-order valence-electron chi connectivity index (χ4n) is 4.30. The molecule has 0 atom stereocenters. The fourth-order valence-corrected chi connectivity index (χ4v) is 6.06. The molecule has 144 valence electrons. The third-order valence-corrected chi connectivity index (χ3v) is 8.20. The zero-order chi connectivity index (χ0) is 18.0. The van der Waals surface area contributed by atoms with Gasteiger partial charge >= 0.3 is 0 Å². The quantitative estimate of drug-likeness (QED) is 0.522. The van der Waals surface area contributed by atoms with E-state index < -0.39 is 0 Å². The smallest absolute Gasteiger partial charge is 0.226 e. The third-order valence-electron chi connectivity index (χ3n) is 6.11. The second-order valence-electron chi connectivity index (χ2n) is 7.66. The van der Waals surface area contributed by atoms with E-state index >= 15 is 0 Å². The van der Waals surface area contributed by atoms with Crippen molar-refractivity contribution in [2.24, 2.45) is 5.41 Å². The predicted octanol–water partition coefficient (Wildman–Crippen LogP) is 1.40. The molecule has 0 spiro atoms. The Bertz CT molecular complexity index is 767. The van der Waals surface area contributed by atoms with Crippen LogP contribution in [-0.2, 0) is 10.5 Å². The van der Waals surface area contributed by atoms with Gasteiger partial charge in [0.25, 0.3) is 0 Å². The molecule has 5 rings (SSSR count). The van der Waals surface area contributed by atoms with Gasteiger partial charge in [0.1, 0.15) is 6.54 Å². The number of Topliss-reactive ketones (excluding diaryl/α,β-unsaturated/α-hetero) is 1. The van der Waals surface area contributed by atoms with Gasteiger partial charge in [-0.3, -0.25) is 9.59 Å². The lowest BCUT2D eigenvalue weighted by atomic mass is 9.71. The predicted molar refractivity (Wildman–Crippen MR) is 107 cm³/mol. The van der Waals surface area contributed by atoms with Crippen molar-refractivity contribution in [1.82, 2.24) is 0 Å². The molecule has 0 N–H and O–H groups in total. The van der Waals surface area contributed by atoms with Gasteiger partial charge in [-0.1, -0.05) is 48.2 Å². The van der Waals surface area contributed by atoms with E-state index in [1.54, 1.807) is 0 Å². The number of fused-ring (bicyclic) bond motifs is 3. The Morgan fingerprint density at radius 1 is 1.00 bits per heavy atom. The van der Waals surface area contributed by atoms with E-state index in [1.807, 2.05) is 35.7 Å². The van der Waals surface area contributed by atoms with Crippen LogP contribution in [0.25, 0.3) is 0 Å². The largest absolute Gasteiger partial charge is 1.00 e. The van der Waals surface area contributed by atoms with E-state index in [-0.39, 0.29) is 23.6 Å². The SMILES string of the molecule is O=C(C[N+]12CCC(C(=O)SCc3ccccc3)(CC1)CC2)c1cccs1.[Cl-]. The lowest BCUT2D eigenvalue weighted by Gasteiger charge is -2.53. The summed E-state index contributed by atoms with van der Waals surface area (Å²) < 4.78 is 0.884. The summed E-state index contributed by atoms with van der Waals surface area (Å²) in [6.07, 6.45) is 2.81. The monoisotopic (exact) mass is 421 g/mol. The summed E-state index contributed by atoms with van der Waals surface area (Å²) in [6.45, 7) is 3.50. The second kappa shape index (κ2) is 8.48. The topological polar surface area (TPSA) is 34.1 Å². The number of piperidine rings is 3. The number of halogens is 1. The van der Waals surface area contributed by atoms with Gasteiger partial charge in [-0.2, -0.15) is 0 Å². The highest BCUT2D eigenvalue weighted by Crippen LogP contribution is 2.47. The highest BCUT2D eigenvalue weighted by molar-refractivity contribution is 8.13. The van der Waals surface area contributed by atoms with Crippen molar-refractivity contribution in [3.63, 3.8) is 0 Å². The highest BCUT2D eigenvalue weighted by atomic mass is 35.5. The van der Waals surface area contributed by atoms with Gasteiger partial charge in [0, 0.05) is 25.0 Å². The molecule has 3 saturated heterocycles.